The first-order chi connectivity index (χ1) is 12.2. The molecule has 1 fully saturated rings. The lowest BCUT2D eigenvalue weighted by molar-refractivity contribution is 0.129. The summed E-state index contributed by atoms with van der Waals surface area (Å²) in [7, 11) is -3.60. The summed E-state index contributed by atoms with van der Waals surface area (Å²) in [5.41, 5.74) is 0.793. The van der Waals surface area contributed by atoms with Crippen LogP contribution < -0.4 is 4.74 Å². The Morgan fingerprint density at radius 3 is 2.50 bits per heavy atom. The Labute approximate surface area is 154 Å². The van der Waals surface area contributed by atoms with E-state index in [2.05, 4.69) is 20.2 Å². The summed E-state index contributed by atoms with van der Waals surface area (Å²) in [5, 5.41) is 7.08. The summed E-state index contributed by atoms with van der Waals surface area (Å²) in [6.45, 7) is 8.44. The van der Waals surface area contributed by atoms with Crippen molar-refractivity contribution in [2.24, 2.45) is 0 Å². The number of nitrogens with zero attached hydrogens (tertiary/aromatic N) is 4. The van der Waals surface area contributed by atoms with Crippen molar-refractivity contribution in [1.29, 1.82) is 0 Å². The summed E-state index contributed by atoms with van der Waals surface area (Å²) in [5.74, 6) is 0.467. The predicted octanol–water partition coefficient (Wildman–Crippen LogP) is 2.04. The summed E-state index contributed by atoms with van der Waals surface area (Å²) >= 11 is 0. The lowest BCUT2D eigenvalue weighted by Crippen LogP contribution is -2.42. The van der Waals surface area contributed by atoms with Gasteiger partial charge in [0.2, 0.25) is 15.9 Å². The zero-order valence-corrected chi connectivity index (χ0v) is 16.4. The monoisotopic (exact) mass is 379 g/mol. The predicted molar refractivity (Wildman–Crippen MR) is 96.5 cm³/mol. The van der Waals surface area contributed by atoms with Gasteiger partial charge in [-0.15, -0.1) is 0 Å². The average molecular weight is 379 g/mol. The molecule has 0 radical (unpaired) electrons. The van der Waals surface area contributed by atoms with Crippen LogP contribution in [0.15, 0.2) is 23.5 Å². The largest absolute Gasteiger partial charge is 0.473 e. The second-order valence-corrected chi connectivity index (χ2v) is 9.42. The lowest BCUT2D eigenvalue weighted by atomic mass is 9.92. The smallest absolute Gasteiger partial charge is 0.246 e. The highest BCUT2D eigenvalue weighted by molar-refractivity contribution is 7.89. The molecule has 3 rings (SSSR count). The molecule has 26 heavy (non-hydrogen) atoms. The van der Waals surface area contributed by atoms with Gasteiger partial charge in [0.15, 0.2) is 0 Å². The Balaban J connectivity index is 1.74. The van der Waals surface area contributed by atoms with Crippen molar-refractivity contribution in [2.75, 3.05) is 13.1 Å². The van der Waals surface area contributed by atoms with E-state index in [0.29, 0.717) is 48.1 Å². The van der Waals surface area contributed by atoms with Gasteiger partial charge in [0.05, 0.1) is 17.6 Å². The van der Waals surface area contributed by atoms with Crippen molar-refractivity contribution >= 4 is 10.0 Å². The van der Waals surface area contributed by atoms with Crippen molar-refractivity contribution < 1.29 is 13.2 Å². The summed E-state index contributed by atoms with van der Waals surface area (Å²) < 4.78 is 33.7. The summed E-state index contributed by atoms with van der Waals surface area (Å²) in [4.78, 5) is 8.38. The number of aromatic amines is 1. The number of rotatable bonds is 4. The zero-order valence-electron chi connectivity index (χ0n) is 15.6. The molecule has 2 aromatic heterocycles. The van der Waals surface area contributed by atoms with Crippen LogP contribution in [0, 0.1) is 6.92 Å². The van der Waals surface area contributed by atoms with Crippen molar-refractivity contribution in [3.8, 4) is 5.88 Å². The second-order valence-electron chi connectivity index (χ2n) is 7.54. The zero-order chi connectivity index (χ0) is 18.9. The van der Waals surface area contributed by atoms with Gasteiger partial charge in [0.1, 0.15) is 11.0 Å². The molecule has 1 saturated heterocycles. The third-order valence-electron chi connectivity index (χ3n) is 4.43. The van der Waals surface area contributed by atoms with Gasteiger partial charge >= 0.3 is 0 Å². The number of ether oxygens (including phenoxy) is 1. The van der Waals surface area contributed by atoms with E-state index in [1.54, 1.807) is 25.5 Å². The molecule has 0 bridgehead atoms. The van der Waals surface area contributed by atoms with Gasteiger partial charge < -0.3 is 4.74 Å². The standard InChI is InChI=1S/C17H25N5O3S/c1-12-15(16(21-20-12)17(2,3)4)26(23,24)22-9-5-13(6-10-22)25-14-11-18-7-8-19-14/h7-8,11,13H,5-6,9-10H2,1-4H3,(H,20,21). The molecule has 0 amide bonds. The van der Waals surface area contributed by atoms with E-state index in [4.69, 9.17) is 4.74 Å². The molecule has 8 nitrogen and oxygen atoms in total. The topological polar surface area (TPSA) is 101 Å². The van der Waals surface area contributed by atoms with Crippen LogP contribution in [0.3, 0.4) is 0 Å². The lowest BCUT2D eigenvalue weighted by Gasteiger charge is -2.31. The number of hydrogen-bond acceptors (Lipinski definition) is 6. The Bertz CT molecular complexity index is 850. The molecule has 0 unspecified atom stereocenters. The van der Waals surface area contributed by atoms with Crippen LogP contribution in [0.2, 0.25) is 0 Å². The Morgan fingerprint density at radius 1 is 1.23 bits per heavy atom. The number of H-pyrrole nitrogens is 1. The highest BCUT2D eigenvalue weighted by atomic mass is 32.2. The first-order valence-electron chi connectivity index (χ1n) is 8.68. The van der Waals surface area contributed by atoms with Gasteiger partial charge in [-0.1, -0.05) is 20.8 Å². The van der Waals surface area contributed by atoms with Crippen LogP contribution in [-0.2, 0) is 15.4 Å². The molecule has 3 heterocycles. The SMILES string of the molecule is Cc1[nH]nc(C(C)(C)C)c1S(=O)(=O)N1CCC(Oc2cnccn2)CC1. The van der Waals surface area contributed by atoms with Crippen LogP contribution in [0.4, 0.5) is 0 Å². The molecule has 0 aromatic carbocycles. The van der Waals surface area contributed by atoms with Gasteiger partial charge in [-0.05, 0) is 19.8 Å². The van der Waals surface area contributed by atoms with Crippen LogP contribution in [0.25, 0.3) is 0 Å². The van der Waals surface area contributed by atoms with E-state index in [1.807, 2.05) is 20.8 Å². The molecule has 142 valence electrons. The summed E-state index contributed by atoms with van der Waals surface area (Å²) in [6.07, 6.45) is 5.88. The van der Waals surface area contributed by atoms with E-state index in [0.717, 1.165) is 0 Å². The molecular formula is C17H25N5O3S. The maximum absolute atomic E-state index is 13.2. The van der Waals surface area contributed by atoms with Crippen molar-refractivity contribution in [3.05, 3.63) is 30.0 Å². The first kappa shape index (κ1) is 18.8. The van der Waals surface area contributed by atoms with E-state index in [1.165, 1.54) is 4.31 Å². The fourth-order valence-corrected chi connectivity index (χ4v) is 5.06. The third kappa shape index (κ3) is 3.73. The number of hydrogen-bond donors (Lipinski definition) is 1. The van der Waals surface area contributed by atoms with Crippen LogP contribution in [0.5, 0.6) is 5.88 Å². The van der Waals surface area contributed by atoms with Gasteiger partial charge in [-0.3, -0.25) is 10.1 Å². The molecule has 1 N–H and O–H groups in total. The fraction of sp³-hybridized carbons (Fsp3) is 0.588. The van der Waals surface area contributed by atoms with Crippen molar-refractivity contribution in [3.63, 3.8) is 0 Å². The van der Waals surface area contributed by atoms with Gasteiger partial charge in [-0.25, -0.2) is 13.4 Å². The van der Waals surface area contributed by atoms with Gasteiger partial charge in [0.25, 0.3) is 0 Å². The van der Waals surface area contributed by atoms with Crippen LogP contribution in [-0.4, -0.2) is 52.1 Å². The third-order valence-corrected chi connectivity index (χ3v) is 6.49. The van der Waals surface area contributed by atoms with Gasteiger partial charge in [-0.2, -0.15) is 9.40 Å². The molecule has 1 aliphatic heterocycles. The Kier molecular flexibility index (Phi) is 5.03. The number of piperidine rings is 1. The quantitative estimate of drug-likeness (QED) is 0.872. The molecule has 1 aliphatic rings. The van der Waals surface area contributed by atoms with Crippen LogP contribution >= 0.6 is 0 Å². The van der Waals surface area contributed by atoms with E-state index < -0.39 is 10.0 Å². The number of sulfonamides is 1. The van der Waals surface area contributed by atoms with Gasteiger partial charge in [0, 0.05) is 30.9 Å². The molecule has 0 spiro atoms. The maximum Gasteiger partial charge on any atom is 0.246 e. The number of aryl methyl sites for hydroxylation is 1. The van der Waals surface area contributed by atoms with E-state index >= 15 is 0 Å². The first-order valence-corrected chi connectivity index (χ1v) is 10.1. The van der Waals surface area contributed by atoms with Crippen molar-refractivity contribution in [2.45, 2.75) is 57.0 Å². The average Bonchev–Trinajstić information content (AvgIpc) is 2.99. The molecular weight excluding hydrogens is 354 g/mol. The maximum atomic E-state index is 13.2. The van der Waals surface area contributed by atoms with E-state index in [9.17, 15) is 8.42 Å². The normalized spacial score (nSPS) is 17.4. The minimum atomic E-state index is -3.60. The molecule has 9 heteroatoms. The highest BCUT2D eigenvalue weighted by Gasteiger charge is 2.37. The van der Waals surface area contributed by atoms with Crippen LogP contribution in [0.1, 0.15) is 45.0 Å². The molecule has 0 aliphatic carbocycles. The Hall–Kier alpha value is -2.00. The number of aromatic nitrogens is 4. The minimum absolute atomic E-state index is 0.0642. The molecule has 2 aromatic rings. The highest BCUT2D eigenvalue weighted by Crippen LogP contribution is 2.32. The number of nitrogens with one attached hydrogen (secondary N) is 1. The van der Waals surface area contributed by atoms with Crippen molar-refractivity contribution in [1.82, 2.24) is 24.5 Å². The second kappa shape index (κ2) is 6.96. The Morgan fingerprint density at radius 2 is 1.92 bits per heavy atom. The van der Waals surface area contributed by atoms with E-state index in [-0.39, 0.29) is 11.5 Å². The molecule has 0 saturated carbocycles. The minimum Gasteiger partial charge on any atom is -0.473 e. The molecule has 0 atom stereocenters. The summed E-state index contributed by atoms with van der Waals surface area (Å²) in [6, 6.07) is 0. The fourth-order valence-electron chi connectivity index (χ4n) is 3.08.